The van der Waals surface area contributed by atoms with Crippen molar-refractivity contribution >= 4 is 23.2 Å². The standard InChI is InChI=1S/C13H14N2O4/c1-3-19-13(18)11-12(17)14-9-6-4-5-7-10(9)15(11)8(2)16/h4-7,18H,3H2,1-2H3,(H,14,17)/b13-11-. The SMILES string of the molecule is CCO/C(O)=C1/C(=O)Nc2ccccc2N1C(C)=O. The van der Waals surface area contributed by atoms with E-state index in [4.69, 9.17) is 4.74 Å². The molecule has 1 aromatic rings. The fourth-order valence-corrected chi connectivity index (χ4v) is 1.90. The van der Waals surface area contributed by atoms with Crippen LogP contribution in [0.4, 0.5) is 11.4 Å². The topological polar surface area (TPSA) is 78.9 Å². The van der Waals surface area contributed by atoms with Gasteiger partial charge in [-0.25, -0.2) is 0 Å². The van der Waals surface area contributed by atoms with E-state index in [0.29, 0.717) is 11.4 Å². The Morgan fingerprint density at radius 2 is 2.11 bits per heavy atom. The van der Waals surface area contributed by atoms with Crippen LogP contribution >= 0.6 is 0 Å². The van der Waals surface area contributed by atoms with E-state index in [1.54, 1.807) is 31.2 Å². The molecule has 0 aliphatic carbocycles. The first kappa shape index (κ1) is 12.9. The molecule has 0 unspecified atom stereocenters. The zero-order valence-electron chi connectivity index (χ0n) is 10.6. The first-order valence-electron chi connectivity index (χ1n) is 5.83. The smallest absolute Gasteiger partial charge is 0.308 e. The minimum atomic E-state index is -0.583. The van der Waals surface area contributed by atoms with Crippen molar-refractivity contribution in [2.75, 3.05) is 16.8 Å². The molecule has 0 bridgehead atoms. The molecule has 1 heterocycles. The maximum atomic E-state index is 12.0. The van der Waals surface area contributed by atoms with Gasteiger partial charge in [0.2, 0.25) is 5.91 Å². The van der Waals surface area contributed by atoms with E-state index in [-0.39, 0.29) is 18.2 Å². The van der Waals surface area contributed by atoms with Gasteiger partial charge in [-0.05, 0) is 19.1 Å². The van der Waals surface area contributed by atoms with Crippen molar-refractivity contribution in [3.63, 3.8) is 0 Å². The number of para-hydroxylation sites is 2. The first-order chi connectivity index (χ1) is 9.06. The van der Waals surface area contributed by atoms with Crippen LogP contribution in [0.1, 0.15) is 13.8 Å². The van der Waals surface area contributed by atoms with Crippen molar-refractivity contribution in [3.8, 4) is 0 Å². The Morgan fingerprint density at radius 3 is 2.74 bits per heavy atom. The second-order valence-corrected chi connectivity index (χ2v) is 3.91. The number of amides is 2. The lowest BCUT2D eigenvalue weighted by Crippen LogP contribution is -2.40. The molecule has 2 N–H and O–H groups in total. The second-order valence-electron chi connectivity index (χ2n) is 3.91. The van der Waals surface area contributed by atoms with Crippen LogP contribution in [0, 0.1) is 0 Å². The summed E-state index contributed by atoms with van der Waals surface area (Å²) in [6.45, 7) is 3.17. The van der Waals surface area contributed by atoms with Gasteiger partial charge in [0.15, 0.2) is 5.70 Å². The van der Waals surface area contributed by atoms with Gasteiger partial charge in [-0.15, -0.1) is 0 Å². The van der Waals surface area contributed by atoms with Gasteiger partial charge in [0.25, 0.3) is 5.91 Å². The number of aliphatic hydroxyl groups excluding tert-OH is 1. The van der Waals surface area contributed by atoms with Crippen molar-refractivity contribution in [1.29, 1.82) is 0 Å². The van der Waals surface area contributed by atoms with Crippen LogP contribution in [0.15, 0.2) is 35.9 Å². The lowest BCUT2D eigenvalue weighted by molar-refractivity contribution is -0.119. The van der Waals surface area contributed by atoms with E-state index >= 15 is 0 Å². The monoisotopic (exact) mass is 262 g/mol. The van der Waals surface area contributed by atoms with E-state index in [1.807, 2.05) is 0 Å². The highest BCUT2D eigenvalue weighted by atomic mass is 16.6. The van der Waals surface area contributed by atoms with Crippen molar-refractivity contribution in [2.24, 2.45) is 0 Å². The largest absolute Gasteiger partial charge is 0.479 e. The Hall–Kier alpha value is -2.50. The highest BCUT2D eigenvalue weighted by Gasteiger charge is 2.34. The molecule has 1 aliphatic heterocycles. The van der Waals surface area contributed by atoms with Gasteiger partial charge in [0, 0.05) is 6.92 Å². The molecular weight excluding hydrogens is 248 g/mol. The van der Waals surface area contributed by atoms with Crippen LogP contribution in [0.3, 0.4) is 0 Å². The molecule has 2 rings (SSSR count). The van der Waals surface area contributed by atoms with Crippen molar-refractivity contribution in [3.05, 3.63) is 35.9 Å². The number of aliphatic hydroxyl groups is 1. The summed E-state index contributed by atoms with van der Waals surface area (Å²) >= 11 is 0. The Morgan fingerprint density at radius 1 is 1.42 bits per heavy atom. The van der Waals surface area contributed by atoms with Gasteiger partial charge in [0.1, 0.15) is 0 Å². The molecule has 0 saturated carbocycles. The number of carbonyl (C=O) groups is 2. The maximum absolute atomic E-state index is 12.0. The average Bonchev–Trinajstić information content (AvgIpc) is 2.37. The summed E-state index contributed by atoms with van der Waals surface area (Å²) in [6, 6.07) is 6.84. The molecular formula is C13H14N2O4. The zero-order valence-corrected chi connectivity index (χ0v) is 10.6. The summed E-state index contributed by atoms with van der Waals surface area (Å²) in [5, 5.41) is 12.4. The predicted octanol–water partition coefficient (Wildman–Crippen LogP) is 1.76. The summed E-state index contributed by atoms with van der Waals surface area (Å²) in [4.78, 5) is 24.9. The molecule has 100 valence electrons. The fourth-order valence-electron chi connectivity index (χ4n) is 1.90. The lowest BCUT2D eigenvalue weighted by Gasteiger charge is -2.30. The van der Waals surface area contributed by atoms with Crippen molar-refractivity contribution in [1.82, 2.24) is 0 Å². The van der Waals surface area contributed by atoms with Gasteiger partial charge >= 0.3 is 5.95 Å². The molecule has 0 saturated heterocycles. The predicted molar refractivity (Wildman–Crippen MR) is 69.5 cm³/mol. The third kappa shape index (κ3) is 2.24. The van der Waals surface area contributed by atoms with E-state index in [0.717, 1.165) is 4.90 Å². The Bertz CT molecular complexity index is 566. The normalized spacial score (nSPS) is 16.5. The van der Waals surface area contributed by atoms with E-state index < -0.39 is 11.9 Å². The Labute approximate surface area is 110 Å². The van der Waals surface area contributed by atoms with Crippen LogP contribution in [-0.4, -0.2) is 23.5 Å². The molecule has 0 spiro atoms. The average molecular weight is 262 g/mol. The number of anilines is 2. The molecule has 2 amide bonds. The molecule has 19 heavy (non-hydrogen) atoms. The first-order valence-corrected chi connectivity index (χ1v) is 5.83. The van der Waals surface area contributed by atoms with Crippen molar-refractivity contribution < 1.29 is 19.4 Å². The number of rotatable bonds is 2. The van der Waals surface area contributed by atoms with Crippen LogP contribution in [0.2, 0.25) is 0 Å². The van der Waals surface area contributed by atoms with Gasteiger partial charge in [-0.1, -0.05) is 12.1 Å². The summed E-state index contributed by atoms with van der Waals surface area (Å²) in [7, 11) is 0. The number of nitrogens with zero attached hydrogens (tertiary/aromatic N) is 1. The molecule has 0 fully saturated rings. The van der Waals surface area contributed by atoms with Gasteiger partial charge in [-0.2, -0.15) is 0 Å². The van der Waals surface area contributed by atoms with Crippen LogP contribution < -0.4 is 10.2 Å². The summed E-state index contributed by atoms with van der Waals surface area (Å²) in [6.07, 6.45) is 0. The quantitative estimate of drug-likeness (QED) is 0.628. The van der Waals surface area contributed by atoms with Gasteiger partial charge in [0.05, 0.1) is 18.0 Å². The summed E-state index contributed by atoms with van der Waals surface area (Å²) in [5.41, 5.74) is 0.805. The van der Waals surface area contributed by atoms with Crippen LogP contribution in [0.25, 0.3) is 0 Å². The fraction of sp³-hybridized carbons (Fsp3) is 0.231. The number of hydrogen-bond acceptors (Lipinski definition) is 4. The number of ether oxygens (including phenoxy) is 1. The third-order valence-electron chi connectivity index (χ3n) is 2.63. The minimum absolute atomic E-state index is 0.190. The van der Waals surface area contributed by atoms with E-state index in [2.05, 4.69) is 5.32 Å². The minimum Gasteiger partial charge on any atom is -0.479 e. The number of fused-ring (bicyclic) bond motifs is 1. The number of carbonyl (C=O) groups excluding carboxylic acids is 2. The van der Waals surface area contributed by atoms with E-state index in [1.165, 1.54) is 6.92 Å². The molecule has 6 nitrogen and oxygen atoms in total. The number of nitrogens with one attached hydrogen (secondary N) is 1. The van der Waals surface area contributed by atoms with E-state index in [9.17, 15) is 14.7 Å². The molecule has 1 aromatic carbocycles. The molecule has 0 radical (unpaired) electrons. The zero-order chi connectivity index (χ0) is 14.0. The van der Waals surface area contributed by atoms with Gasteiger partial charge in [-0.3, -0.25) is 14.5 Å². The molecule has 6 heteroatoms. The van der Waals surface area contributed by atoms with Gasteiger partial charge < -0.3 is 15.2 Å². The summed E-state index contributed by atoms with van der Waals surface area (Å²) < 4.78 is 4.93. The number of benzene rings is 1. The number of hydrogen-bond donors (Lipinski definition) is 2. The molecule has 0 aromatic heterocycles. The summed E-state index contributed by atoms with van der Waals surface area (Å²) in [5.74, 6) is -1.53. The Balaban J connectivity index is 2.60. The third-order valence-corrected chi connectivity index (χ3v) is 2.63. The highest BCUT2D eigenvalue weighted by molar-refractivity contribution is 6.18. The van der Waals surface area contributed by atoms with Crippen molar-refractivity contribution in [2.45, 2.75) is 13.8 Å². The lowest BCUT2D eigenvalue weighted by atomic mass is 10.1. The molecule has 1 aliphatic rings. The molecule has 0 atom stereocenters. The second kappa shape index (κ2) is 5.01. The van der Waals surface area contributed by atoms with Crippen LogP contribution in [0.5, 0.6) is 0 Å². The van der Waals surface area contributed by atoms with Crippen LogP contribution in [-0.2, 0) is 14.3 Å². The maximum Gasteiger partial charge on any atom is 0.308 e. The highest BCUT2D eigenvalue weighted by Crippen LogP contribution is 2.34. The Kier molecular flexibility index (Phi) is 3.41.